The van der Waals surface area contributed by atoms with E-state index in [1.807, 2.05) is 37.3 Å². The third kappa shape index (κ3) is 2.23. The Bertz CT molecular complexity index is 825. The standard InChI is InChI=1S/C16H13N5/c1-11-6-8-12(9-7-11)15-16(18)21(20-19-15)14-5-3-2-4-13(14)10-17/h2-9H,18H2,1H3. The molecule has 3 aromatic rings. The summed E-state index contributed by atoms with van der Waals surface area (Å²) in [5, 5.41) is 17.4. The van der Waals surface area contributed by atoms with Gasteiger partial charge < -0.3 is 5.73 Å². The van der Waals surface area contributed by atoms with Crippen LogP contribution in [-0.2, 0) is 0 Å². The minimum Gasteiger partial charge on any atom is -0.382 e. The number of aromatic nitrogens is 3. The topological polar surface area (TPSA) is 80.5 Å². The Kier molecular flexibility index (Phi) is 3.13. The fraction of sp³-hybridized carbons (Fsp3) is 0.0625. The Morgan fingerprint density at radius 3 is 2.52 bits per heavy atom. The van der Waals surface area contributed by atoms with E-state index < -0.39 is 0 Å². The molecule has 21 heavy (non-hydrogen) atoms. The summed E-state index contributed by atoms with van der Waals surface area (Å²) in [6, 6.07) is 17.2. The zero-order valence-electron chi connectivity index (χ0n) is 11.5. The minimum atomic E-state index is 0.418. The predicted octanol–water partition coefficient (Wildman–Crippen LogP) is 2.70. The van der Waals surface area contributed by atoms with Crippen LogP contribution in [0.2, 0.25) is 0 Å². The minimum absolute atomic E-state index is 0.418. The van der Waals surface area contributed by atoms with Crippen molar-refractivity contribution in [1.82, 2.24) is 15.0 Å². The molecule has 0 saturated carbocycles. The van der Waals surface area contributed by atoms with Crippen LogP contribution in [-0.4, -0.2) is 15.0 Å². The van der Waals surface area contributed by atoms with Crippen LogP contribution in [0.1, 0.15) is 11.1 Å². The highest BCUT2D eigenvalue weighted by Crippen LogP contribution is 2.26. The lowest BCUT2D eigenvalue weighted by molar-refractivity contribution is 0.808. The lowest BCUT2D eigenvalue weighted by Crippen LogP contribution is -2.04. The van der Waals surface area contributed by atoms with Gasteiger partial charge in [0.05, 0.1) is 11.3 Å². The van der Waals surface area contributed by atoms with Gasteiger partial charge in [-0.15, -0.1) is 5.10 Å². The highest BCUT2D eigenvalue weighted by Gasteiger charge is 2.14. The molecule has 0 bridgehead atoms. The van der Waals surface area contributed by atoms with Crippen LogP contribution in [0.5, 0.6) is 0 Å². The summed E-state index contributed by atoms with van der Waals surface area (Å²) in [6.07, 6.45) is 0. The SMILES string of the molecule is Cc1ccc(-c2nnn(-c3ccccc3C#N)c2N)cc1. The zero-order chi connectivity index (χ0) is 14.8. The van der Waals surface area contributed by atoms with Gasteiger partial charge >= 0.3 is 0 Å². The summed E-state index contributed by atoms with van der Waals surface area (Å²) in [5.41, 5.74) is 9.97. The summed E-state index contributed by atoms with van der Waals surface area (Å²) in [7, 11) is 0. The van der Waals surface area contributed by atoms with Crippen LogP contribution in [0.25, 0.3) is 16.9 Å². The third-order valence-electron chi connectivity index (χ3n) is 3.28. The molecule has 5 nitrogen and oxygen atoms in total. The van der Waals surface area contributed by atoms with Gasteiger partial charge in [-0.25, -0.2) is 0 Å². The average Bonchev–Trinajstić information content (AvgIpc) is 2.89. The van der Waals surface area contributed by atoms with Crippen molar-refractivity contribution in [2.75, 3.05) is 5.73 Å². The molecule has 0 aliphatic rings. The maximum absolute atomic E-state index is 9.17. The quantitative estimate of drug-likeness (QED) is 0.779. The number of nitrogen functional groups attached to an aromatic ring is 1. The first-order chi connectivity index (χ1) is 10.2. The molecular formula is C16H13N5. The lowest BCUT2D eigenvalue weighted by atomic mass is 10.1. The Morgan fingerprint density at radius 1 is 1.10 bits per heavy atom. The average molecular weight is 275 g/mol. The Labute approximate surface area is 122 Å². The smallest absolute Gasteiger partial charge is 0.155 e. The largest absolute Gasteiger partial charge is 0.382 e. The molecule has 0 aliphatic heterocycles. The van der Waals surface area contributed by atoms with Crippen LogP contribution in [0, 0.1) is 18.3 Å². The molecule has 2 aromatic carbocycles. The number of rotatable bonds is 2. The van der Waals surface area contributed by atoms with Crippen molar-refractivity contribution in [2.45, 2.75) is 6.92 Å². The molecule has 0 fully saturated rings. The number of hydrogen-bond donors (Lipinski definition) is 1. The fourth-order valence-corrected chi connectivity index (χ4v) is 2.14. The first-order valence-electron chi connectivity index (χ1n) is 6.48. The van der Waals surface area contributed by atoms with E-state index >= 15 is 0 Å². The van der Waals surface area contributed by atoms with Gasteiger partial charge in [-0.3, -0.25) is 0 Å². The van der Waals surface area contributed by atoms with Crippen LogP contribution < -0.4 is 5.73 Å². The second kappa shape index (κ2) is 5.10. The molecule has 1 aromatic heterocycles. The molecule has 0 radical (unpaired) electrons. The van der Waals surface area contributed by atoms with Crippen LogP contribution >= 0.6 is 0 Å². The maximum Gasteiger partial charge on any atom is 0.155 e. The number of aryl methyl sites for hydroxylation is 1. The van der Waals surface area contributed by atoms with Gasteiger partial charge in [-0.05, 0) is 19.1 Å². The van der Waals surface area contributed by atoms with E-state index in [0.717, 1.165) is 5.56 Å². The van der Waals surface area contributed by atoms with Crippen molar-refractivity contribution < 1.29 is 0 Å². The molecule has 0 unspecified atom stereocenters. The van der Waals surface area contributed by atoms with Gasteiger partial charge in [-0.1, -0.05) is 47.2 Å². The lowest BCUT2D eigenvalue weighted by Gasteiger charge is -2.05. The molecule has 102 valence electrons. The van der Waals surface area contributed by atoms with Crippen molar-refractivity contribution in [3.05, 3.63) is 59.7 Å². The molecule has 0 aliphatic carbocycles. The molecule has 0 atom stereocenters. The van der Waals surface area contributed by atoms with Crippen LogP contribution in [0.3, 0.4) is 0 Å². The maximum atomic E-state index is 9.17. The third-order valence-corrected chi connectivity index (χ3v) is 3.28. The van der Waals surface area contributed by atoms with Crippen LogP contribution in [0.15, 0.2) is 48.5 Å². The van der Waals surface area contributed by atoms with E-state index in [1.54, 1.807) is 18.2 Å². The summed E-state index contributed by atoms with van der Waals surface area (Å²) in [4.78, 5) is 0. The fourth-order valence-electron chi connectivity index (χ4n) is 2.14. The van der Waals surface area contributed by atoms with Crippen molar-refractivity contribution in [3.8, 4) is 23.0 Å². The molecular weight excluding hydrogens is 262 g/mol. The van der Waals surface area contributed by atoms with Crippen LogP contribution in [0.4, 0.5) is 5.82 Å². The van der Waals surface area contributed by atoms with E-state index in [9.17, 15) is 5.26 Å². The van der Waals surface area contributed by atoms with Gasteiger partial charge in [0.2, 0.25) is 0 Å². The first-order valence-corrected chi connectivity index (χ1v) is 6.48. The number of nitrogens with zero attached hydrogens (tertiary/aromatic N) is 4. The highest BCUT2D eigenvalue weighted by atomic mass is 15.5. The van der Waals surface area contributed by atoms with Gasteiger partial charge in [0.15, 0.2) is 5.82 Å². The Morgan fingerprint density at radius 2 is 1.81 bits per heavy atom. The molecule has 0 amide bonds. The highest BCUT2D eigenvalue weighted by molar-refractivity contribution is 5.71. The number of nitrogens with two attached hydrogens (primary N) is 1. The predicted molar refractivity (Wildman–Crippen MR) is 80.7 cm³/mol. The second-order valence-corrected chi connectivity index (χ2v) is 4.73. The van der Waals surface area contributed by atoms with E-state index in [4.69, 9.17) is 5.73 Å². The number of hydrogen-bond acceptors (Lipinski definition) is 4. The van der Waals surface area contributed by atoms with E-state index in [1.165, 1.54) is 10.2 Å². The van der Waals surface area contributed by atoms with Gasteiger partial charge in [0, 0.05) is 5.56 Å². The summed E-state index contributed by atoms with van der Waals surface area (Å²) < 4.78 is 1.49. The number of para-hydroxylation sites is 1. The van der Waals surface area contributed by atoms with E-state index in [0.29, 0.717) is 22.8 Å². The number of nitriles is 1. The monoisotopic (exact) mass is 275 g/mol. The molecule has 0 spiro atoms. The summed E-state index contributed by atoms with van der Waals surface area (Å²) >= 11 is 0. The van der Waals surface area contributed by atoms with Gasteiger partial charge in [0.25, 0.3) is 0 Å². The van der Waals surface area contributed by atoms with E-state index in [-0.39, 0.29) is 0 Å². The normalized spacial score (nSPS) is 10.3. The van der Waals surface area contributed by atoms with Gasteiger partial charge in [0.1, 0.15) is 11.8 Å². The molecule has 2 N–H and O–H groups in total. The number of anilines is 1. The van der Waals surface area contributed by atoms with Crippen molar-refractivity contribution in [1.29, 1.82) is 5.26 Å². The van der Waals surface area contributed by atoms with Gasteiger partial charge in [-0.2, -0.15) is 9.94 Å². The number of benzene rings is 2. The molecule has 1 heterocycles. The first kappa shape index (κ1) is 12.9. The zero-order valence-corrected chi connectivity index (χ0v) is 11.5. The summed E-state index contributed by atoms with van der Waals surface area (Å²) in [5.74, 6) is 0.418. The van der Waals surface area contributed by atoms with Crippen molar-refractivity contribution in [2.24, 2.45) is 0 Å². The Balaban J connectivity index is 2.12. The Hall–Kier alpha value is -3.13. The van der Waals surface area contributed by atoms with Crippen molar-refractivity contribution >= 4 is 5.82 Å². The second-order valence-electron chi connectivity index (χ2n) is 4.73. The van der Waals surface area contributed by atoms with Crippen molar-refractivity contribution in [3.63, 3.8) is 0 Å². The summed E-state index contributed by atoms with van der Waals surface area (Å²) in [6.45, 7) is 2.02. The molecule has 5 heteroatoms. The molecule has 3 rings (SSSR count). The molecule has 0 saturated heterocycles. The van der Waals surface area contributed by atoms with E-state index in [2.05, 4.69) is 16.4 Å².